The summed E-state index contributed by atoms with van der Waals surface area (Å²) in [5, 5.41) is 3.14. The van der Waals surface area contributed by atoms with Crippen molar-refractivity contribution in [2.24, 2.45) is 5.92 Å². The number of amides is 1. The van der Waals surface area contributed by atoms with Gasteiger partial charge in [-0.05, 0) is 17.5 Å². The Bertz CT molecular complexity index is 309. The maximum Gasteiger partial charge on any atom is 0.240 e. The molecule has 1 amide bonds. The molecule has 0 aromatic carbocycles. The quantitative estimate of drug-likeness (QED) is 0.823. The average Bonchev–Trinajstić information content (AvgIpc) is 2.49. The highest BCUT2D eigenvalue weighted by Gasteiger charge is 2.05. The fourth-order valence-electron chi connectivity index (χ4n) is 0.957. The number of hydrogen-bond acceptors (Lipinski definition) is 2. The number of carbonyl (C=O) groups is 1. The van der Waals surface area contributed by atoms with Gasteiger partial charge in [0.25, 0.3) is 0 Å². The molecule has 0 unspecified atom stereocenters. The molecule has 0 spiro atoms. The maximum absolute atomic E-state index is 11.3. The van der Waals surface area contributed by atoms with Crippen LogP contribution < -0.4 is 5.32 Å². The number of halogens is 1. The third-order valence-corrected chi connectivity index (χ3v) is 2.00. The lowest BCUT2D eigenvalue weighted by Gasteiger charge is -2.08. The van der Waals surface area contributed by atoms with Gasteiger partial charge in [-0.25, -0.2) is 4.98 Å². The molecule has 5 heteroatoms. The van der Waals surface area contributed by atoms with Crippen LogP contribution in [0.15, 0.2) is 12.4 Å². The predicted molar refractivity (Wildman–Crippen MR) is 55.1 cm³/mol. The number of nitrogens with one attached hydrogen (secondary N) is 1. The molecule has 4 nitrogen and oxygen atoms in total. The molecule has 78 valence electrons. The SMILES string of the molecule is CC(C)CNC(=O)Cn1ccnc1Cl. The molecule has 0 bridgehead atoms. The molecule has 1 aromatic rings. The second-order valence-corrected chi connectivity index (χ2v) is 3.86. The van der Waals surface area contributed by atoms with Crippen molar-refractivity contribution in [3.05, 3.63) is 17.7 Å². The summed E-state index contributed by atoms with van der Waals surface area (Å²) in [6.45, 7) is 5.01. The highest BCUT2D eigenvalue weighted by Crippen LogP contribution is 2.03. The maximum atomic E-state index is 11.3. The van der Waals surface area contributed by atoms with Gasteiger partial charge in [0.1, 0.15) is 6.54 Å². The largest absolute Gasteiger partial charge is 0.354 e. The minimum atomic E-state index is -0.0430. The van der Waals surface area contributed by atoms with E-state index in [4.69, 9.17) is 11.6 Å². The zero-order valence-electron chi connectivity index (χ0n) is 8.33. The van der Waals surface area contributed by atoms with Crippen LogP contribution in [0.25, 0.3) is 0 Å². The second kappa shape index (κ2) is 5.00. The molecule has 0 aliphatic rings. The number of carbonyl (C=O) groups excluding carboxylic acids is 1. The van der Waals surface area contributed by atoms with Crippen molar-refractivity contribution in [3.63, 3.8) is 0 Å². The molecule has 14 heavy (non-hydrogen) atoms. The van der Waals surface area contributed by atoms with Gasteiger partial charge in [0, 0.05) is 18.9 Å². The molecular weight excluding hydrogens is 202 g/mol. The van der Waals surface area contributed by atoms with Crippen LogP contribution in [0.3, 0.4) is 0 Å². The first kappa shape index (κ1) is 11.0. The molecule has 1 N–H and O–H groups in total. The summed E-state index contributed by atoms with van der Waals surface area (Å²) in [5.41, 5.74) is 0. The predicted octanol–water partition coefficient (Wildman–Crippen LogP) is 1.31. The molecule has 0 saturated heterocycles. The van der Waals surface area contributed by atoms with E-state index in [-0.39, 0.29) is 12.5 Å². The monoisotopic (exact) mass is 215 g/mol. The van der Waals surface area contributed by atoms with E-state index in [1.165, 1.54) is 0 Å². The van der Waals surface area contributed by atoms with Crippen LogP contribution in [0.2, 0.25) is 5.28 Å². The summed E-state index contributed by atoms with van der Waals surface area (Å²) in [7, 11) is 0. The number of rotatable bonds is 4. The molecule has 0 atom stereocenters. The fourth-order valence-corrected chi connectivity index (χ4v) is 1.13. The van der Waals surface area contributed by atoms with E-state index in [0.29, 0.717) is 17.7 Å². The Hall–Kier alpha value is -1.03. The van der Waals surface area contributed by atoms with Crippen LogP contribution in [0.1, 0.15) is 13.8 Å². The Labute approximate surface area is 88.3 Å². The number of aromatic nitrogens is 2. The lowest BCUT2D eigenvalue weighted by atomic mass is 10.2. The summed E-state index contributed by atoms with van der Waals surface area (Å²) >= 11 is 5.72. The number of imidazole rings is 1. The molecule has 0 aliphatic heterocycles. The smallest absolute Gasteiger partial charge is 0.240 e. The van der Waals surface area contributed by atoms with Crippen molar-refractivity contribution in [2.75, 3.05) is 6.54 Å². The fraction of sp³-hybridized carbons (Fsp3) is 0.556. The van der Waals surface area contributed by atoms with Gasteiger partial charge in [-0.2, -0.15) is 0 Å². The van der Waals surface area contributed by atoms with Gasteiger partial charge in [-0.1, -0.05) is 13.8 Å². The molecule has 0 saturated carbocycles. The van der Waals surface area contributed by atoms with Crippen molar-refractivity contribution in [3.8, 4) is 0 Å². The van der Waals surface area contributed by atoms with Gasteiger partial charge >= 0.3 is 0 Å². The van der Waals surface area contributed by atoms with Crippen LogP contribution in [0.4, 0.5) is 0 Å². The molecule has 0 aliphatic carbocycles. The van der Waals surface area contributed by atoms with Gasteiger partial charge < -0.3 is 9.88 Å². The second-order valence-electron chi connectivity index (χ2n) is 3.52. The molecular formula is C9H14ClN3O. The third-order valence-electron chi connectivity index (χ3n) is 1.69. The molecule has 1 heterocycles. The highest BCUT2D eigenvalue weighted by atomic mass is 35.5. The van der Waals surface area contributed by atoms with E-state index in [1.807, 2.05) is 13.8 Å². The standard InChI is InChI=1S/C9H14ClN3O/c1-7(2)5-12-8(14)6-13-4-3-11-9(13)10/h3-4,7H,5-6H2,1-2H3,(H,12,14). The topological polar surface area (TPSA) is 46.9 Å². The summed E-state index contributed by atoms with van der Waals surface area (Å²) in [4.78, 5) is 15.2. The van der Waals surface area contributed by atoms with Crippen LogP contribution in [0.5, 0.6) is 0 Å². The van der Waals surface area contributed by atoms with Crippen LogP contribution >= 0.6 is 11.6 Å². The summed E-state index contributed by atoms with van der Waals surface area (Å²) in [6, 6.07) is 0. The van der Waals surface area contributed by atoms with Gasteiger partial charge in [0.15, 0.2) is 0 Å². The van der Waals surface area contributed by atoms with Crippen molar-refractivity contribution in [2.45, 2.75) is 20.4 Å². The number of nitrogens with zero attached hydrogens (tertiary/aromatic N) is 2. The van der Waals surface area contributed by atoms with Gasteiger partial charge in [0.2, 0.25) is 11.2 Å². The molecule has 1 rings (SSSR count). The summed E-state index contributed by atoms with van der Waals surface area (Å²) < 4.78 is 1.59. The van der Waals surface area contributed by atoms with Gasteiger partial charge in [-0.15, -0.1) is 0 Å². The van der Waals surface area contributed by atoms with E-state index in [0.717, 1.165) is 0 Å². The van der Waals surface area contributed by atoms with Crippen molar-refractivity contribution in [1.29, 1.82) is 0 Å². The first-order chi connectivity index (χ1) is 6.59. The molecule has 1 aromatic heterocycles. The normalized spacial score (nSPS) is 10.6. The Balaban J connectivity index is 2.38. The Morgan fingerprint density at radius 1 is 1.71 bits per heavy atom. The van der Waals surface area contributed by atoms with Crippen molar-refractivity contribution >= 4 is 17.5 Å². The summed E-state index contributed by atoms with van der Waals surface area (Å²) in [6.07, 6.45) is 3.25. The van der Waals surface area contributed by atoms with E-state index in [1.54, 1.807) is 17.0 Å². The first-order valence-electron chi connectivity index (χ1n) is 4.53. The van der Waals surface area contributed by atoms with Crippen molar-refractivity contribution in [1.82, 2.24) is 14.9 Å². The Morgan fingerprint density at radius 2 is 2.43 bits per heavy atom. The number of hydrogen-bond donors (Lipinski definition) is 1. The van der Waals surface area contributed by atoms with E-state index >= 15 is 0 Å². The highest BCUT2D eigenvalue weighted by molar-refractivity contribution is 6.28. The minimum absolute atomic E-state index is 0.0430. The summed E-state index contributed by atoms with van der Waals surface area (Å²) in [5.74, 6) is 0.413. The van der Waals surface area contributed by atoms with E-state index in [2.05, 4.69) is 10.3 Å². The zero-order valence-corrected chi connectivity index (χ0v) is 9.08. The van der Waals surface area contributed by atoms with Crippen LogP contribution in [0, 0.1) is 5.92 Å². The van der Waals surface area contributed by atoms with Crippen molar-refractivity contribution < 1.29 is 4.79 Å². The molecule has 0 radical (unpaired) electrons. The lowest BCUT2D eigenvalue weighted by Crippen LogP contribution is -2.30. The molecule has 0 fully saturated rings. The van der Waals surface area contributed by atoms with Gasteiger partial charge in [0.05, 0.1) is 0 Å². The van der Waals surface area contributed by atoms with Gasteiger partial charge in [-0.3, -0.25) is 4.79 Å². The van der Waals surface area contributed by atoms with Crippen LogP contribution in [-0.4, -0.2) is 22.0 Å². The average molecular weight is 216 g/mol. The minimum Gasteiger partial charge on any atom is -0.354 e. The van der Waals surface area contributed by atoms with E-state index in [9.17, 15) is 4.79 Å². The third kappa shape index (κ3) is 3.38. The Kier molecular flexibility index (Phi) is 3.95. The zero-order chi connectivity index (χ0) is 10.6. The Morgan fingerprint density at radius 3 is 2.93 bits per heavy atom. The lowest BCUT2D eigenvalue weighted by molar-refractivity contribution is -0.121. The first-order valence-corrected chi connectivity index (χ1v) is 4.90. The van der Waals surface area contributed by atoms with Crippen LogP contribution in [-0.2, 0) is 11.3 Å². The van der Waals surface area contributed by atoms with E-state index < -0.39 is 0 Å².